The fourth-order valence-corrected chi connectivity index (χ4v) is 2.56. The van der Waals surface area contributed by atoms with Crippen molar-refractivity contribution in [2.24, 2.45) is 0 Å². The highest BCUT2D eigenvalue weighted by atomic mass is 35.5. The van der Waals surface area contributed by atoms with E-state index in [4.69, 9.17) is 23.2 Å². The lowest BCUT2D eigenvalue weighted by molar-refractivity contribution is -0.116. The number of carbonyl (C=O) groups excluding carboxylic acids is 1. The number of hydrogen-bond donors (Lipinski definition) is 1. The van der Waals surface area contributed by atoms with E-state index >= 15 is 0 Å². The third-order valence-electron chi connectivity index (χ3n) is 3.33. The smallest absolute Gasteiger partial charge is 0.246 e. The summed E-state index contributed by atoms with van der Waals surface area (Å²) >= 11 is 11.9. The molecular formula is C16H15Cl2N5O. The molecule has 2 aromatic heterocycles. The number of anilines is 1. The van der Waals surface area contributed by atoms with Crippen LogP contribution in [0.4, 0.5) is 5.69 Å². The Labute approximate surface area is 149 Å². The van der Waals surface area contributed by atoms with Gasteiger partial charge in [0.15, 0.2) is 0 Å². The lowest BCUT2D eigenvalue weighted by Crippen LogP contribution is -2.18. The third kappa shape index (κ3) is 4.15. The molecule has 1 N–H and O–H groups in total. The Hall–Kier alpha value is -2.31. The van der Waals surface area contributed by atoms with E-state index in [2.05, 4.69) is 15.5 Å². The second kappa shape index (κ2) is 7.07. The van der Waals surface area contributed by atoms with Gasteiger partial charge in [0.1, 0.15) is 6.54 Å². The Balaban J connectivity index is 1.60. The number of aryl methyl sites for hydroxylation is 1. The number of hydrogen-bond acceptors (Lipinski definition) is 3. The SMILES string of the molecule is Cc1ccn(CC(=O)Nc2cnn(Cc3ccc(Cl)c(Cl)c3)c2)n1. The summed E-state index contributed by atoms with van der Waals surface area (Å²) < 4.78 is 3.30. The molecule has 1 aromatic carbocycles. The Bertz CT molecular complexity index is 871. The molecule has 0 atom stereocenters. The molecule has 0 unspecified atom stereocenters. The lowest BCUT2D eigenvalue weighted by Gasteiger charge is -2.04. The van der Waals surface area contributed by atoms with Crippen LogP contribution in [-0.4, -0.2) is 25.5 Å². The van der Waals surface area contributed by atoms with Gasteiger partial charge in [-0.05, 0) is 30.7 Å². The summed E-state index contributed by atoms with van der Waals surface area (Å²) in [5.74, 6) is -0.160. The van der Waals surface area contributed by atoms with Crippen molar-refractivity contribution < 1.29 is 4.79 Å². The zero-order chi connectivity index (χ0) is 17.1. The normalized spacial score (nSPS) is 10.8. The topological polar surface area (TPSA) is 64.7 Å². The maximum Gasteiger partial charge on any atom is 0.246 e. The average molecular weight is 364 g/mol. The maximum atomic E-state index is 12.0. The minimum Gasteiger partial charge on any atom is -0.322 e. The third-order valence-corrected chi connectivity index (χ3v) is 4.06. The number of benzene rings is 1. The molecule has 0 fully saturated rings. The molecule has 1 amide bonds. The van der Waals surface area contributed by atoms with Gasteiger partial charge in [-0.1, -0.05) is 29.3 Å². The summed E-state index contributed by atoms with van der Waals surface area (Å²) in [6.45, 7) is 2.57. The van der Waals surface area contributed by atoms with E-state index in [1.807, 2.05) is 19.1 Å². The van der Waals surface area contributed by atoms with Crippen molar-refractivity contribution in [1.82, 2.24) is 19.6 Å². The summed E-state index contributed by atoms with van der Waals surface area (Å²) in [5, 5.41) is 12.2. The lowest BCUT2D eigenvalue weighted by atomic mass is 10.2. The van der Waals surface area contributed by atoms with E-state index in [1.54, 1.807) is 40.1 Å². The van der Waals surface area contributed by atoms with Crippen molar-refractivity contribution in [3.05, 3.63) is 64.2 Å². The largest absolute Gasteiger partial charge is 0.322 e. The first kappa shape index (κ1) is 16.5. The van der Waals surface area contributed by atoms with E-state index in [1.165, 1.54) is 0 Å². The first-order valence-electron chi connectivity index (χ1n) is 7.26. The van der Waals surface area contributed by atoms with Crippen LogP contribution in [-0.2, 0) is 17.9 Å². The number of amides is 1. The molecule has 3 aromatic rings. The molecule has 3 rings (SSSR count). The van der Waals surface area contributed by atoms with Crippen LogP contribution in [0.25, 0.3) is 0 Å². The van der Waals surface area contributed by atoms with Gasteiger partial charge in [0.25, 0.3) is 0 Å². The number of carbonyl (C=O) groups is 1. The van der Waals surface area contributed by atoms with Gasteiger partial charge < -0.3 is 5.32 Å². The zero-order valence-corrected chi connectivity index (χ0v) is 14.4. The molecule has 2 heterocycles. The van der Waals surface area contributed by atoms with E-state index in [9.17, 15) is 4.79 Å². The fourth-order valence-electron chi connectivity index (χ4n) is 2.24. The first-order chi connectivity index (χ1) is 11.5. The summed E-state index contributed by atoms with van der Waals surface area (Å²) in [4.78, 5) is 12.0. The van der Waals surface area contributed by atoms with Gasteiger partial charge in [0, 0.05) is 12.4 Å². The minimum absolute atomic E-state index is 0.159. The molecule has 124 valence electrons. The molecule has 0 aliphatic rings. The number of nitrogens with one attached hydrogen (secondary N) is 1. The molecule has 6 nitrogen and oxygen atoms in total. The van der Waals surface area contributed by atoms with Crippen LogP contribution >= 0.6 is 23.2 Å². The van der Waals surface area contributed by atoms with Crippen molar-refractivity contribution in [3.63, 3.8) is 0 Å². The van der Waals surface area contributed by atoms with Crippen molar-refractivity contribution in [2.75, 3.05) is 5.32 Å². The average Bonchev–Trinajstić information content (AvgIpc) is 3.12. The van der Waals surface area contributed by atoms with Gasteiger partial charge in [0.05, 0.1) is 34.2 Å². The van der Waals surface area contributed by atoms with Crippen LogP contribution in [0.2, 0.25) is 10.0 Å². The quantitative estimate of drug-likeness (QED) is 0.755. The summed E-state index contributed by atoms with van der Waals surface area (Å²) in [5.41, 5.74) is 2.47. The Morgan fingerprint density at radius 1 is 1.21 bits per heavy atom. The predicted molar refractivity (Wildman–Crippen MR) is 93.4 cm³/mol. The van der Waals surface area contributed by atoms with Crippen LogP contribution in [0.5, 0.6) is 0 Å². The summed E-state index contributed by atoms with van der Waals surface area (Å²) in [6, 6.07) is 7.28. The first-order valence-corrected chi connectivity index (χ1v) is 8.01. The molecule has 0 saturated heterocycles. The van der Waals surface area contributed by atoms with Gasteiger partial charge in [-0.2, -0.15) is 10.2 Å². The number of nitrogens with zero attached hydrogens (tertiary/aromatic N) is 4. The highest BCUT2D eigenvalue weighted by Gasteiger charge is 2.07. The zero-order valence-electron chi connectivity index (χ0n) is 12.9. The van der Waals surface area contributed by atoms with Gasteiger partial charge in [-0.15, -0.1) is 0 Å². The highest BCUT2D eigenvalue weighted by molar-refractivity contribution is 6.42. The van der Waals surface area contributed by atoms with Crippen molar-refractivity contribution in [1.29, 1.82) is 0 Å². The van der Waals surface area contributed by atoms with Crippen LogP contribution in [0.1, 0.15) is 11.3 Å². The standard InChI is InChI=1S/C16H15Cl2N5O/c1-11-4-5-22(21-11)10-16(24)20-13-7-19-23(9-13)8-12-2-3-14(17)15(18)6-12/h2-7,9H,8,10H2,1H3,(H,20,24). The minimum atomic E-state index is -0.160. The fraction of sp³-hybridized carbons (Fsp3) is 0.188. The molecule has 0 saturated carbocycles. The maximum absolute atomic E-state index is 12.0. The molecule has 0 spiro atoms. The molecule has 0 aliphatic heterocycles. The van der Waals surface area contributed by atoms with Crippen molar-refractivity contribution >= 4 is 34.8 Å². The van der Waals surface area contributed by atoms with Gasteiger partial charge in [-0.3, -0.25) is 14.2 Å². The monoisotopic (exact) mass is 363 g/mol. The molecule has 8 heteroatoms. The summed E-state index contributed by atoms with van der Waals surface area (Å²) in [7, 11) is 0. The van der Waals surface area contributed by atoms with E-state index in [0.29, 0.717) is 22.3 Å². The van der Waals surface area contributed by atoms with Crippen molar-refractivity contribution in [3.8, 4) is 0 Å². The van der Waals surface area contributed by atoms with Gasteiger partial charge >= 0.3 is 0 Å². The summed E-state index contributed by atoms with van der Waals surface area (Å²) in [6.07, 6.45) is 5.13. The van der Waals surface area contributed by atoms with Crippen LogP contribution < -0.4 is 5.32 Å². The molecular weight excluding hydrogens is 349 g/mol. The number of rotatable bonds is 5. The number of halogens is 2. The van der Waals surface area contributed by atoms with Gasteiger partial charge in [0.2, 0.25) is 5.91 Å². The molecule has 0 bridgehead atoms. The molecule has 24 heavy (non-hydrogen) atoms. The Morgan fingerprint density at radius 3 is 2.75 bits per heavy atom. The Kier molecular flexibility index (Phi) is 4.87. The van der Waals surface area contributed by atoms with Crippen LogP contribution in [0.15, 0.2) is 42.9 Å². The molecule has 0 aliphatic carbocycles. The highest BCUT2D eigenvalue weighted by Crippen LogP contribution is 2.23. The van der Waals surface area contributed by atoms with Crippen LogP contribution in [0, 0.1) is 6.92 Å². The van der Waals surface area contributed by atoms with Crippen LogP contribution in [0.3, 0.4) is 0 Å². The Morgan fingerprint density at radius 2 is 2.04 bits per heavy atom. The van der Waals surface area contributed by atoms with E-state index in [0.717, 1.165) is 11.3 Å². The second-order valence-corrected chi connectivity index (χ2v) is 6.19. The van der Waals surface area contributed by atoms with E-state index in [-0.39, 0.29) is 12.5 Å². The second-order valence-electron chi connectivity index (χ2n) is 5.38. The molecule has 0 radical (unpaired) electrons. The predicted octanol–water partition coefficient (Wildman–Crippen LogP) is 3.38. The van der Waals surface area contributed by atoms with E-state index < -0.39 is 0 Å². The van der Waals surface area contributed by atoms with Gasteiger partial charge in [-0.25, -0.2) is 0 Å². The van der Waals surface area contributed by atoms with Crippen molar-refractivity contribution in [2.45, 2.75) is 20.0 Å². The number of aromatic nitrogens is 4.